The Hall–Kier alpha value is -2.69. The first kappa shape index (κ1) is 20.1. The lowest BCUT2D eigenvalue weighted by Gasteiger charge is -2.30. The van der Waals surface area contributed by atoms with Crippen LogP contribution in [0.4, 0.5) is 5.69 Å². The molecule has 1 aliphatic carbocycles. The highest BCUT2D eigenvalue weighted by atomic mass is 16.5. The van der Waals surface area contributed by atoms with Crippen molar-refractivity contribution < 1.29 is 19.0 Å². The molecule has 1 fully saturated rings. The quantitative estimate of drug-likeness (QED) is 0.558. The lowest BCUT2D eigenvalue weighted by atomic mass is 10.1. The Bertz CT molecular complexity index is 753. The van der Waals surface area contributed by atoms with E-state index in [1.165, 1.54) is 12.8 Å². The van der Waals surface area contributed by atoms with Crippen LogP contribution >= 0.6 is 0 Å². The zero-order valence-corrected chi connectivity index (χ0v) is 16.9. The summed E-state index contributed by atoms with van der Waals surface area (Å²) in [5.41, 5.74) is 0.932. The SMILES string of the molecule is COc1ccc(OCCCC(=O)N(c2ccc(OC)cc2)C(C)C2CC2)cc1. The third-order valence-electron chi connectivity index (χ3n) is 5.19. The van der Waals surface area contributed by atoms with E-state index in [9.17, 15) is 4.79 Å². The van der Waals surface area contributed by atoms with Crippen molar-refractivity contribution in [3.8, 4) is 17.2 Å². The molecule has 150 valence electrons. The highest BCUT2D eigenvalue weighted by molar-refractivity contribution is 5.94. The topological polar surface area (TPSA) is 48.0 Å². The van der Waals surface area contributed by atoms with Crippen LogP contribution in [0.25, 0.3) is 0 Å². The number of rotatable bonds is 10. The molecule has 1 aliphatic rings. The van der Waals surface area contributed by atoms with E-state index in [0.717, 1.165) is 22.9 Å². The average Bonchev–Trinajstić information content (AvgIpc) is 3.58. The molecule has 2 aromatic carbocycles. The lowest BCUT2D eigenvalue weighted by Crippen LogP contribution is -2.40. The van der Waals surface area contributed by atoms with Gasteiger partial charge in [-0.2, -0.15) is 0 Å². The van der Waals surface area contributed by atoms with Crippen molar-refractivity contribution in [2.24, 2.45) is 5.92 Å². The number of anilines is 1. The Morgan fingerprint density at radius 2 is 1.50 bits per heavy atom. The van der Waals surface area contributed by atoms with Crippen LogP contribution in [0.5, 0.6) is 17.2 Å². The van der Waals surface area contributed by atoms with Crippen LogP contribution in [-0.4, -0.2) is 32.8 Å². The molecule has 0 saturated heterocycles. The molecule has 5 heteroatoms. The first-order valence-corrected chi connectivity index (χ1v) is 9.85. The minimum absolute atomic E-state index is 0.142. The van der Waals surface area contributed by atoms with Crippen LogP contribution in [0.1, 0.15) is 32.6 Å². The highest BCUT2D eigenvalue weighted by Crippen LogP contribution is 2.37. The zero-order valence-electron chi connectivity index (χ0n) is 16.9. The van der Waals surface area contributed by atoms with Crippen LogP contribution in [0.2, 0.25) is 0 Å². The van der Waals surface area contributed by atoms with Gasteiger partial charge in [-0.05, 0) is 80.6 Å². The molecule has 0 spiro atoms. The largest absolute Gasteiger partial charge is 0.497 e. The number of nitrogens with zero attached hydrogens (tertiary/aromatic N) is 1. The Morgan fingerprint density at radius 3 is 2.04 bits per heavy atom. The van der Waals surface area contributed by atoms with Crippen molar-refractivity contribution in [3.63, 3.8) is 0 Å². The van der Waals surface area contributed by atoms with E-state index in [-0.39, 0.29) is 11.9 Å². The number of carbonyl (C=O) groups is 1. The first-order valence-electron chi connectivity index (χ1n) is 9.85. The molecule has 0 aromatic heterocycles. The standard InChI is InChI=1S/C23H29NO4/c1-17(18-6-7-18)24(19-8-10-20(26-2)11-9-19)23(25)5-4-16-28-22-14-12-21(27-3)13-15-22/h8-15,17-18H,4-7,16H2,1-3H3. The number of amides is 1. The maximum atomic E-state index is 13.0. The summed E-state index contributed by atoms with van der Waals surface area (Å²) in [6.45, 7) is 2.65. The number of hydrogen-bond acceptors (Lipinski definition) is 4. The molecular formula is C23H29NO4. The number of carbonyl (C=O) groups excluding carboxylic acids is 1. The molecule has 3 rings (SSSR count). The van der Waals surface area contributed by atoms with Gasteiger partial charge >= 0.3 is 0 Å². The molecule has 1 amide bonds. The summed E-state index contributed by atoms with van der Waals surface area (Å²) in [5.74, 6) is 3.12. The molecule has 2 aromatic rings. The molecule has 5 nitrogen and oxygen atoms in total. The molecule has 0 radical (unpaired) electrons. The molecule has 0 heterocycles. The van der Waals surface area contributed by atoms with Crippen LogP contribution < -0.4 is 19.1 Å². The highest BCUT2D eigenvalue weighted by Gasteiger charge is 2.34. The molecule has 1 unspecified atom stereocenters. The van der Waals surface area contributed by atoms with Gasteiger partial charge in [-0.25, -0.2) is 0 Å². The minimum Gasteiger partial charge on any atom is -0.497 e. The van der Waals surface area contributed by atoms with E-state index >= 15 is 0 Å². The van der Waals surface area contributed by atoms with E-state index in [2.05, 4.69) is 6.92 Å². The number of benzene rings is 2. The Balaban J connectivity index is 1.56. The maximum Gasteiger partial charge on any atom is 0.227 e. The van der Waals surface area contributed by atoms with Crippen molar-refractivity contribution in [1.82, 2.24) is 0 Å². The second-order valence-corrected chi connectivity index (χ2v) is 7.17. The van der Waals surface area contributed by atoms with Gasteiger partial charge in [0.25, 0.3) is 0 Å². The smallest absolute Gasteiger partial charge is 0.227 e. The van der Waals surface area contributed by atoms with Gasteiger partial charge in [0.05, 0.1) is 20.8 Å². The Kier molecular flexibility index (Phi) is 6.80. The van der Waals surface area contributed by atoms with E-state index in [4.69, 9.17) is 14.2 Å². The van der Waals surface area contributed by atoms with Crippen LogP contribution in [0.15, 0.2) is 48.5 Å². The summed E-state index contributed by atoms with van der Waals surface area (Å²) in [6, 6.07) is 15.4. The summed E-state index contributed by atoms with van der Waals surface area (Å²) in [5, 5.41) is 0. The predicted molar refractivity (Wildman–Crippen MR) is 110 cm³/mol. The molecular weight excluding hydrogens is 354 g/mol. The summed E-state index contributed by atoms with van der Waals surface area (Å²) in [6.07, 6.45) is 3.53. The van der Waals surface area contributed by atoms with Crippen molar-refractivity contribution >= 4 is 11.6 Å². The van der Waals surface area contributed by atoms with Gasteiger partial charge in [0.15, 0.2) is 0 Å². The van der Waals surface area contributed by atoms with Crippen molar-refractivity contribution in [3.05, 3.63) is 48.5 Å². The Morgan fingerprint density at radius 1 is 0.964 bits per heavy atom. The molecule has 1 saturated carbocycles. The summed E-state index contributed by atoms with van der Waals surface area (Å²) in [7, 11) is 3.28. The fourth-order valence-corrected chi connectivity index (χ4v) is 3.34. The fraction of sp³-hybridized carbons (Fsp3) is 0.435. The molecule has 1 atom stereocenters. The van der Waals surface area contributed by atoms with Crippen LogP contribution in [-0.2, 0) is 4.79 Å². The summed E-state index contributed by atoms with van der Waals surface area (Å²) >= 11 is 0. The van der Waals surface area contributed by atoms with Crippen molar-refractivity contribution in [2.45, 2.75) is 38.6 Å². The first-order chi connectivity index (χ1) is 13.6. The van der Waals surface area contributed by atoms with Gasteiger partial charge < -0.3 is 19.1 Å². The van der Waals surface area contributed by atoms with Crippen LogP contribution in [0.3, 0.4) is 0 Å². The normalized spacial score (nSPS) is 14.2. The van der Waals surface area contributed by atoms with E-state index < -0.39 is 0 Å². The van der Waals surface area contributed by atoms with E-state index in [0.29, 0.717) is 25.4 Å². The zero-order chi connectivity index (χ0) is 19.9. The van der Waals surface area contributed by atoms with Crippen molar-refractivity contribution in [2.75, 3.05) is 25.7 Å². The molecule has 0 aliphatic heterocycles. The summed E-state index contributed by atoms with van der Waals surface area (Å²) in [4.78, 5) is 14.9. The molecule has 0 N–H and O–H groups in total. The average molecular weight is 383 g/mol. The number of ether oxygens (including phenoxy) is 3. The van der Waals surface area contributed by atoms with Crippen LogP contribution in [0, 0.1) is 5.92 Å². The minimum atomic E-state index is 0.142. The lowest BCUT2D eigenvalue weighted by molar-refractivity contribution is -0.119. The second kappa shape index (κ2) is 9.49. The van der Waals surface area contributed by atoms with Gasteiger partial charge in [-0.3, -0.25) is 4.79 Å². The van der Waals surface area contributed by atoms with Gasteiger partial charge in [-0.15, -0.1) is 0 Å². The molecule has 28 heavy (non-hydrogen) atoms. The maximum absolute atomic E-state index is 13.0. The number of methoxy groups -OCH3 is 2. The fourth-order valence-electron chi connectivity index (χ4n) is 3.34. The van der Waals surface area contributed by atoms with Gasteiger partial charge in [0.2, 0.25) is 5.91 Å². The summed E-state index contributed by atoms with van der Waals surface area (Å²) < 4.78 is 16.1. The predicted octanol–water partition coefficient (Wildman–Crippen LogP) is 4.69. The van der Waals surface area contributed by atoms with E-state index in [1.54, 1.807) is 14.2 Å². The van der Waals surface area contributed by atoms with Gasteiger partial charge in [-0.1, -0.05) is 0 Å². The second-order valence-electron chi connectivity index (χ2n) is 7.17. The Labute approximate surface area is 167 Å². The third-order valence-corrected chi connectivity index (χ3v) is 5.19. The molecule has 0 bridgehead atoms. The number of hydrogen-bond donors (Lipinski definition) is 0. The van der Waals surface area contributed by atoms with E-state index in [1.807, 2.05) is 53.4 Å². The van der Waals surface area contributed by atoms with Crippen molar-refractivity contribution in [1.29, 1.82) is 0 Å². The third kappa shape index (κ3) is 5.18. The van der Waals surface area contributed by atoms with Gasteiger partial charge in [0, 0.05) is 18.2 Å². The monoisotopic (exact) mass is 383 g/mol. The van der Waals surface area contributed by atoms with Gasteiger partial charge in [0.1, 0.15) is 17.2 Å².